The minimum atomic E-state index is -0.846. The number of hydrogen-bond acceptors (Lipinski definition) is 5. The number of fused-ring (bicyclic) bond motifs is 2. The Morgan fingerprint density at radius 1 is 1.23 bits per heavy atom. The van der Waals surface area contributed by atoms with Crippen molar-refractivity contribution in [3.8, 4) is 11.5 Å². The van der Waals surface area contributed by atoms with E-state index in [2.05, 4.69) is 11.0 Å². The number of phenols is 1. The molecule has 5 fully saturated rings. The molecule has 168 valence electrons. The van der Waals surface area contributed by atoms with Gasteiger partial charge in [0.25, 0.3) is 0 Å². The minimum absolute atomic E-state index is 0.0123. The number of ether oxygens (including phenoxy) is 2. The summed E-state index contributed by atoms with van der Waals surface area (Å²) in [4.78, 5) is 2.81. The lowest BCUT2D eigenvalue weighted by atomic mass is 9.34. The van der Waals surface area contributed by atoms with E-state index in [0.717, 1.165) is 44.6 Å². The number of aliphatic hydroxyl groups is 1. The maximum absolute atomic E-state index is 11.4. The molecule has 0 aromatic heterocycles. The van der Waals surface area contributed by atoms with Crippen molar-refractivity contribution in [2.75, 3.05) is 20.2 Å². The van der Waals surface area contributed by atoms with Gasteiger partial charge in [-0.2, -0.15) is 0 Å². The average Bonchev–Trinajstić information content (AvgIpc) is 3.47. The molecular formula is C26H35NO4. The van der Waals surface area contributed by atoms with E-state index in [-0.39, 0.29) is 28.6 Å². The fraction of sp³-hybridized carbons (Fsp3) is 0.769. The molecule has 4 bridgehead atoms. The van der Waals surface area contributed by atoms with Crippen LogP contribution in [-0.4, -0.2) is 58.7 Å². The average molecular weight is 426 g/mol. The quantitative estimate of drug-likeness (QED) is 0.774. The first-order valence-corrected chi connectivity index (χ1v) is 12.3. The van der Waals surface area contributed by atoms with Crippen molar-refractivity contribution < 1.29 is 19.7 Å². The van der Waals surface area contributed by atoms with Gasteiger partial charge in [0.05, 0.1) is 5.60 Å². The lowest BCUT2D eigenvalue weighted by Crippen LogP contribution is -2.82. The molecule has 8 rings (SSSR count). The van der Waals surface area contributed by atoms with Crippen LogP contribution in [0.25, 0.3) is 0 Å². The van der Waals surface area contributed by atoms with E-state index in [4.69, 9.17) is 9.47 Å². The molecule has 2 N–H and O–H groups in total. The van der Waals surface area contributed by atoms with Gasteiger partial charge in [-0.05, 0) is 82.9 Å². The van der Waals surface area contributed by atoms with Crippen LogP contribution in [0.2, 0.25) is 0 Å². The van der Waals surface area contributed by atoms with Gasteiger partial charge in [0.15, 0.2) is 11.5 Å². The Morgan fingerprint density at radius 3 is 2.74 bits per heavy atom. The Balaban J connectivity index is 1.49. The van der Waals surface area contributed by atoms with E-state index in [1.165, 1.54) is 30.5 Å². The summed E-state index contributed by atoms with van der Waals surface area (Å²) in [6, 6.07) is 4.46. The number of rotatable bonds is 4. The van der Waals surface area contributed by atoms with Gasteiger partial charge < -0.3 is 19.7 Å². The first-order chi connectivity index (χ1) is 14.8. The summed E-state index contributed by atoms with van der Waals surface area (Å²) in [5.41, 5.74) is 1.24. The molecular weight excluding hydrogens is 390 g/mol. The van der Waals surface area contributed by atoms with Crippen LogP contribution in [0.1, 0.15) is 63.5 Å². The molecule has 0 radical (unpaired) electrons. The standard InChI is InChI=1S/C26H35NO4/c1-23(2,29)18-13-24-8-9-26(18,30-3)22-25(24)10-11-27(14-15-4-5-15)19(24)12-16-6-7-17(28)21(31-22)20(16)25/h6-7,15,18-19,22,28-29H,4-5,8-14H2,1-3H3/t18?,19-,22?,24+,25+,26?/m0/s1. The molecule has 2 spiro atoms. The van der Waals surface area contributed by atoms with E-state index < -0.39 is 11.2 Å². The van der Waals surface area contributed by atoms with Gasteiger partial charge in [-0.25, -0.2) is 0 Å². The van der Waals surface area contributed by atoms with Gasteiger partial charge in [0.1, 0.15) is 11.7 Å². The third kappa shape index (κ3) is 2.02. The van der Waals surface area contributed by atoms with Crippen molar-refractivity contribution in [2.45, 2.75) is 87.6 Å². The maximum atomic E-state index is 11.4. The number of nitrogens with zero attached hydrogens (tertiary/aromatic N) is 1. The van der Waals surface area contributed by atoms with Crippen molar-refractivity contribution in [1.82, 2.24) is 4.90 Å². The molecule has 1 saturated heterocycles. The topological polar surface area (TPSA) is 62.2 Å². The van der Waals surface area contributed by atoms with E-state index in [1.807, 2.05) is 27.0 Å². The van der Waals surface area contributed by atoms with Crippen LogP contribution in [0.3, 0.4) is 0 Å². The van der Waals surface area contributed by atoms with Gasteiger partial charge in [0, 0.05) is 42.0 Å². The Hall–Kier alpha value is -1.30. The molecule has 1 aromatic rings. The van der Waals surface area contributed by atoms with E-state index in [9.17, 15) is 10.2 Å². The second-order valence-corrected chi connectivity index (χ2v) is 12.1. The lowest BCUT2D eigenvalue weighted by molar-refractivity contribution is -0.300. The Kier molecular flexibility index (Phi) is 3.47. The van der Waals surface area contributed by atoms with Crippen molar-refractivity contribution >= 4 is 0 Å². The van der Waals surface area contributed by atoms with Gasteiger partial charge in [0.2, 0.25) is 0 Å². The van der Waals surface area contributed by atoms with Gasteiger partial charge in [-0.1, -0.05) is 6.07 Å². The summed E-state index contributed by atoms with van der Waals surface area (Å²) in [6.07, 6.45) is 7.72. The van der Waals surface area contributed by atoms with E-state index in [1.54, 1.807) is 0 Å². The predicted molar refractivity (Wildman–Crippen MR) is 116 cm³/mol. The Bertz CT molecular complexity index is 967. The highest BCUT2D eigenvalue weighted by molar-refractivity contribution is 5.63. The smallest absolute Gasteiger partial charge is 0.165 e. The fourth-order valence-corrected chi connectivity index (χ4v) is 9.23. The molecule has 5 aliphatic carbocycles. The van der Waals surface area contributed by atoms with Crippen LogP contribution in [0.15, 0.2) is 12.1 Å². The summed E-state index contributed by atoms with van der Waals surface area (Å²) in [7, 11) is 1.81. The Labute approximate surface area is 184 Å². The molecule has 3 unspecified atom stereocenters. The number of phenolic OH excluding ortho intramolecular Hbond substituents is 1. The number of benzene rings is 1. The van der Waals surface area contributed by atoms with Crippen LogP contribution in [0, 0.1) is 17.3 Å². The maximum Gasteiger partial charge on any atom is 0.165 e. The van der Waals surface area contributed by atoms with Crippen LogP contribution >= 0.6 is 0 Å². The molecule has 31 heavy (non-hydrogen) atoms. The zero-order valence-corrected chi connectivity index (χ0v) is 19.0. The zero-order valence-electron chi connectivity index (χ0n) is 19.0. The summed E-state index contributed by atoms with van der Waals surface area (Å²) >= 11 is 0. The summed E-state index contributed by atoms with van der Waals surface area (Å²) in [5.74, 6) is 1.86. The third-order valence-corrected chi connectivity index (χ3v) is 10.5. The molecule has 2 heterocycles. The van der Waals surface area contributed by atoms with Crippen molar-refractivity contribution in [1.29, 1.82) is 0 Å². The summed E-state index contributed by atoms with van der Waals surface area (Å²) in [6.45, 7) is 6.23. The summed E-state index contributed by atoms with van der Waals surface area (Å²) in [5, 5.41) is 22.2. The predicted octanol–water partition coefficient (Wildman–Crippen LogP) is 3.39. The largest absolute Gasteiger partial charge is 0.504 e. The van der Waals surface area contributed by atoms with Crippen LogP contribution in [0.4, 0.5) is 0 Å². The highest BCUT2D eigenvalue weighted by atomic mass is 16.6. The van der Waals surface area contributed by atoms with Gasteiger partial charge >= 0.3 is 0 Å². The SMILES string of the molecule is COC12CC[C@@]3(CC1C(C)(C)O)[C@@H]1Cc4ccc(O)c5c4[C@]3(CCN1CC1CC1)C2O5. The van der Waals surface area contributed by atoms with Crippen molar-refractivity contribution in [3.63, 3.8) is 0 Å². The number of likely N-dealkylation sites (tertiary alicyclic amines) is 1. The second-order valence-electron chi connectivity index (χ2n) is 12.1. The highest BCUT2D eigenvalue weighted by Gasteiger charge is 2.81. The Morgan fingerprint density at radius 2 is 2.03 bits per heavy atom. The van der Waals surface area contributed by atoms with Crippen LogP contribution in [-0.2, 0) is 16.6 Å². The molecule has 5 nitrogen and oxygen atoms in total. The molecule has 5 heteroatoms. The number of piperidine rings is 1. The number of methoxy groups -OCH3 is 1. The molecule has 1 aromatic carbocycles. The second kappa shape index (κ2) is 5.60. The van der Waals surface area contributed by atoms with Crippen LogP contribution < -0.4 is 4.74 Å². The van der Waals surface area contributed by atoms with Crippen molar-refractivity contribution in [2.24, 2.45) is 17.3 Å². The number of aromatic hydroxyl groups is 1. The monoisotopic (exact) mass is 425 g/mol. The summed E-state index contributed by atoms with van der Waals surface area (Å²) < 4.78 is 13.2. The van der Waals surface area contributed by atoms with Gasteiger partial charge in [-0.3, -0.25) is 4.90 Å². The highest BCUT2D eigenvalue weighted by Crippen LogP contribution is 2.77. The van der Waals surface area contributed by atoms with Gasteiger partial charge in [-0.15, -0.1) is 0 Å². The number of hydrogen-bond donors (Lipinski definition) is 2. The molecule has 7 aliphatic rings. The normalized spacial score (nSPS) is 44.8. The fourth-order valence-electron chi connectivity index (χ4n) is 9.23. The molecule has 4 saturated carbocycles. The first kappa shape index (κ1) is 19.2. The third-order valence-electron chi connectivity index (χ3n) is 10.5. The minimum Gasteiger partial charge on any atom is -0.504 e. The van der Waals surface area contributed by atoms with Crippen LogP contribution in [0.5, 0.6) is 11.5 Å². The van der Waals surface area contributed by atoms with Crippen molar-refractivity contribution in [3.05, 3.63) is 23.3 Å². The van der Waals surface area contributed by atoms with E-state index >= 15 is 0 Å². The van der Waals surface area contributed by atoms with E-state index in [0.29, 0.717) is 11.8 Å². The molecule has 2 aliphatic heterocycles. The zero-order chi connectivity index (χ0) is 21.4. The lowest BCUT2D eigenvalue weighted by Gasteiger charge is -2.75. The molecule has 6 atom stereocenters. The first-order valence-electron chi connectivity index (χ1n) is 12.3. The molecule has 0 amide bonds.